The highest BCUT2D eigenvalue weighted by atomic mass is 19.4. The van der Waals surface area contributed by atoms with Gasteiger partial charge in [-0.1, -0.05) is 6.08 Å². The lowest BCUT2D eigenvalue weighted by molar-refractivity contribution is -0.184. The maximum absolute atomic E-state index is 13.0. The first-order valence-corrected chi connectivity index (χ1v) is 6.42. The van der Waals surface area contributed by atoms with E-state index in [1.807, 2.05) is 0 Å². The highest BCUT2D eigenvalue weighted by molar-refractivity contribution is 5.77. The summed E-state index contributed by atoms with van der Waals surface area (Å²) >= 11 is 0. The van der Waals surface area contributed by atoms with Crippen molar-refractivity contribution in [3.8, 4) is 0 Å². The van der Waals surface area contributed by atoms with E-state index in [9.17, 15) is 18.0 Å². The number of ether oxygens (including phenoxy) is 1. The molecule has 1 amide bonds. The Morgan fingerprint density at radius 1 is 1.45 bits per heavy atom. The van der Waals surface area contributed by atoms with Crippen LogP contribution in [0.3, 0.4) is 0 Å². The van der Waals surface area contributed by atoms with Gasteiger partial charge in [0, 0.05) is 32.7 Å². The summed E-state index contributed by atoms with van der Waals surface area (Å²) < 4.78 is 43.9. The van der Waals surface area contributed by atoms with Gasteiger partial charge < -0.3 is 15.4 Å². The number of nitrogens with zero attached hydrogens (tertiary/aromatic N) is 1. The molecule has 1 heterocycles. The molecule has 0 radical (unpaired) electrons. The normalized spacial score (nSPS) is 18.6. The molecular formula is C12H20F3N3O2. The molecule has 8 heteroatoms. The number of hydrogen-bond acceptors (Lipinski definition) is 4. The fraction of sp³-hybridized carbons (Fsp3) is 0.750. The van der Waals surface area contributed by atoms with Gasteiger partial charge in [-0.2, -0.15) is 13.2 Å². The van der Waals surface area contributed by atoms with Crippen molar-refractivity contribution in [3.05, 3.63) is 12.7 Å². The second-order valence-electron chi connectivity index (χ2n) is 4.45. The Balaban J connectivity index is 2.44. The standard InChI is InChI=1S/C12H20F3N3O2/c1-2-7-20-9-11(19)17-8-10(12(13,14)15)18-5-3-16-4-6-18/h2,10,16H,1,3-9H2,(H,17,19). The molecule has 0 bridgehead atoms. The Morgan fingerprint density at radius 2 is 2.10 bits per heavy atom. The van der Waals surface area contributed by atoms with E-state index in [1.165, 1.54) is 11.0 Å². The Labute approximate surface area is 116 Å². The molecule has 0 aliphatic carbocycles. The minimum atomic E-state index is -4.37. The van der Waals surface area contributed by atoms with Crippen LogP contribution in [-0.2, 0) is 9.53 Å². The van der Waals surface area contributed by atoms with Crippen LogP contribution < -0.4 is 10.6 Å². The number of carbonyl (C=O) groups is 1. The molecule has 1 saturated heterocycles. The lowest BCUT2D eigenvalue weighted by Crippen LogP contribution is -2.57. The minimum absolute atomic E-state index is 0.188. The van der Waals surface area contributed by atoms with Crippen LogP contribution in [0.5, 0.6) is 0 Å². The summed E-state index contributed by atoms with van der Waals surface area (Å²) in [5, 5.41) is 5.26. The van der Waals surface area contributed by atoms with E-state index in [1.54, 1.807) is 0 Å². The van der Waals surface area contributed by atoms with Gasteiger partial charge in [0.2, 0.25) is 5.91 Å². The summed E-state index contributed by atoms with van der Waals surface area (Å²) in [6.07, 6.45) is -2.90. The molecule has 0 aromatic carbocycles. The predicted molar refractivity (Wildman–Crippen MR) is 68.3 cm³/mol. The number of hydrogen-bond donors (Lipinski definition) is 2. The molecule has 1 fully saturated rings. The molecule has 1 aliphatic heterocycles. The number of carbonyl (C=O) groups excluding carboxylic acids is 1. The zero-order chi connectivity index (χ0) is 15.0. The van der Waals surface area contributed by atoms with Gasteiger partial charge in [-0.25, -0.2) is 0 Å². The molecule has 0 aromatic rings. The van der Waals surface area contributed by atoms with Crippen LogP contribution in [0.1, 0.15) is 0 Å². The summed E-state index contributed by atoms with van der Waals surface area (Å²) in [7, 11) is 0. The molecule has 1 aliphatic rings. The van der Waals surface area contributed by atoms with Crippen molar-refractivity contribution in [1.29, 1.82) is 0 Å². The Morgan fingerprint density at radius 3 is 2.65 bits per heavy atom. The van der Waals surface area contributed by atoms with Crippen LogP contribution in [-0.4, -0.2) is 69.0 Å². The number of amides is 1. The van der Waals surface area contributed by atoms with E-state index < -0.39 is 24.7 Å². The Kier molecular flexibility index (Phi) is 6.97. The van der Waals surface area contributed by atoms with Crippen molar-refractivity contribution < 1.29 is 22.7 Å². The zero-order valence-electron chi connectivity index (χ0n) is 11.2. The molecule has 20 heavy (non-hydrogen) atoms. The molecule has 1 rings (SSSR count). The number of rotatable bonds is 7. The smallest absolute Gasteiger partial charge is 0.368 e. The molecule has 0 aromatic heterocycles. The molecule has 0 saturated carbocycles. The van der Waals surface area contributed by atoms with Gasteiger partial charge in [0.05, 0.1) is 6.61 Å². The topological polar surface area (TPSA) is 53.6 Å². The van der Waals surface area contributed by atoms with Gasteiger partial charge in [-0.15, -0.1) is 6.58 Å². The van der Waals surface area contributed by atoms with Crippen molar-refractivity contribution in [2.75, 3.05) is 45.9 Å². The summed E-state index contributed by atoms with van der Waals surface area (Å²) in [5.41, 5.74) is 0. The zero-order valence-corrected chi connectivity index (χ0v) is 11.2. The summed E-state index contributed by atoms with van der Waals surface area (Å²) in [5.74, 6) is -0.559. The lowest BCUT2D eigenvalue weighted by Gasteiger charge is -2.35. The van der Waals surface area contributed by atoms with Crippen molar-refractivity contribution in [1.82, 2.24) is 15.5 Å². The Bertz CT molecular complexity index is 318. The van der Waals surface area contributed by atoms with E-state index in [0.717, 1.165) is 0 Å². The van der Waals surface area contributed by atoms with Gasteiger partial charge in [-0.05, 0) is 0 Å². The number of piperazine rings is 1. The monoisotopic (exact) mass is 295 g/mol. The van der Waals surface area contributed by atoms with Crippen molar-refractivity contribution in [2.45, 2.75) is 12.2 Å². The largest absolute Gasteiger partial charge is 0.405 e. The fourth-order valence-electron chi connectivity index (χ4n) is 1.94. The van der Waals surface area contributed by atoms with Crippen molar-refractivity contribution >= 4 is 5.91 Å². The third-order valence-corrected chi connectivity index (χ3v) is 2.93. The average molecular weight is 295 g/mol. The van der Waals surface area contributed by atoms with Crippen LogP contribution >= 0.6 is 0 Å². The maximum atomic E-state index is 13.0. The minimum Gasteiger partial charge on any atom is -0.368 e. The van der Waals surface area contributed by atoms with Gasteiger partial charge in [0.25, 0.3) is 0 Å². The van der Waals surface area contributed by atoms with Crippen LogP contribution in [0.15, 0.2) is 12.7 Å². The first-order valence-electron chi connectivity index (χ1n) is 6.42. The molecule has 5 nitrogen and oxygen atoms in total. The molecule has 116 valence electrons. The first kappa shape index (κ1) is 16.9. The number of nitrogens with one attached hydrogen (secondary N) is 2. The van der Waals surface area contributed by atoms with Crippen LogP contribution in [0.2, 0.25) is 0 Å². The van der Waals surface area contributed by atoms with E-state index in [4.69, 9.17) is 4.74 Å². The lowest BCUT2D eigenvalue weighted by atomic mass is 10.2. The van der Waals surface area contributed by atoms with E-state index in [-0.39, 0.29) is 13.2 Å². The van der Waals surface area contributed by atoms with Crippen LogP contribution in [0, 0.1) is 0 Å². The molecular weight excluding hydrogens is 275 g/mol. The molecule has 1 atom stereocenters. The number of halogens is 3. The molecule has 2 N–H and O–H groups in total. The molecule has 0 spiro atoms. The maximum Gasteiger partial charge on any atom is 0.405 e. The average Bonchev–Trinajstić information content (AvgIpc) is 2.39. The highest BCUT2D eigenvalue weighted by Crippen LogP contribution is 2.24. The molecule has 1 unspecified atom stereocenters. The van der Waals surface area contributed by atoms with Crippen molar-refractivity contribution in [2.24, 2.45) is 0 Å². The SMILES string of the molecule is C=CCOCC(=O)NCC(N1CCNCC1)C(F)(F)F. The Hall–Kier alpha value is -1.12. The van der Waals surface area contributed by atoms with E-state index in [2.05, 4.69) is 17.2 Å². The first-order chi connectivity index (χ1) is 9.45. The van der Waals surface area contributed by atoms with Gasteiger partial charge in [0.15, 0.2) is 0 Å². The van der Waals surface area contributed by atoms with Crippen LogP contribution in [0.4, 0.5) is 13.2 Å². The third kappa shape index (κ3) is 5.89. The van der Waals surface area contributed by atoms with E-state index >= 15 is 0 Å². The quantitative estimate of drug-likeness (QED) is 0.518. The fourth-order valence-corrected chi connectivity index (χ4v) is 1.94. The summed E-state index contributed by atoms with van der Waals surface area (Å²) in [4.78, 5) is 12.7. The second kappa shape index (κ2) is 8.23. The third-order valence-electron chi connectivity index (χ3n) is 2.93. The van der Waals surface area contributed by atoms with Crippen LogP contribution in [0.25, 0.3) is 0 Å². The van der Waals surface area contributed by atoms with Gasteiger partial charge in [0.1, 0.15) is 12.6 Å². The van der Waals surface area contributed by atoms with Crippen molar-refractivity contribution in [3.63, 3.8) is 0 Å². The summed E-state index contributed by atoms with van der Waals surface area (Å²) in [6, 6.07) is -1.66. The summed E-state index contributed by atoms with van der Waals surface area (Å²) in [6.45, 7) is 4.53. The van der Waals surface area contributed by atoms with E-state index in [0.29, 0.717) is 26.2 Å². The second-order valence-corrected chi connectivity index (χ2v) is 4.45. The number of alkyl halides is 3. The highest BCUT2D eigenvalue weighted by Gasteiger charge is 2.43. The predicted octanol–water partition coefficient (Wildman–Crippen LogP) is 0.141. The van der Waals surface area contributed by atoms with Gasteiger partial charge in [-0.3, -0.25) is 9.69 Å². The van der Waals surface area contributed by atoms with Gasteiger partial charge >= 0.3 is 6.18 Å².